The van der Waals surface area contributed by atoms with Crippen LogP contribution in [0.3, 0.4) is 0 Å². The quantitative estimate of drug-likeness (QED) is 0.0264. The highest BCUT2D eigenvalue weighted by atomic mass is 31.2. The van der Waals surface area contributed by atoms with Gasteiger partial charge in [-0.15, -0.1) is 0 Å². The zero-order valence-electron chi connectivity index (χ0n) is 58.9. The number of unbranched alkanes of at least 4 members (excludes halogenated alkanes) is 43. The Labute approximate surface area is 557 Å². The molecule has 0 aliphatic rings. The van der Waals surface area contributed by atoms with Crippen LogP contribution in [0.25, 0.3) is 0 Å². The van der Waals surface area contributed by atoms with E-state index >= 15 is 0 Å². The molecule has 10 heteroatoms. The van der Waals surface area contributed by atoms with Crippen LogP contribution >= 0.6 is 7.82 Å². The fraction of sp³-hybridized carbons (Fsp3) is 0.775. The van der Waals surface area contributed by atoms with Crippen LogP contribution in [0.15, 0.2) is 97.2 Å². The minimum absolute atomic E-state index is 0.0475. The second-order valence-electron chi connectivity index (χ2n) is 25.5. The molecule has 90 heavy (non-hydrogen) atoms. The molecule has 522 valence electrons. The van der Waals surface area contributed by atoms with E-state index in [1.54, 1.807) is 0 Å². The number of rotatable bonds is 72. The van der Waals surface area contributed by atoms with Crippen LogP contribution in [0.1, 0.15) is 367 Å². The lowest BCUT2D eigenvalue weighted by Gasteiger charge is -2.19. The molecule has 0 aromatic heterocycles. The molecule has 2 unspecified atom stereocenters. The molecule has 3 N–H and O–H groups in total. The van der Waals surface area contributed by atoms with Crippen LogP contribution in [-0.2, 0) is 32.7 Å². The van der Waals surface area contributed by atoms with Gasteiger partial charge in [-0.3, -0.25) is 18.6 Å². The Morgan fingerprint density at radius 1 is 0.344 bits per heavy atom. The third-order valence-corrected chi connectivity index (χ3v) is 17.7. The number of allylic oxidation sites excluding steroid dienone is 16. The number of carbonyl (C=O) groups is 2. The van der Waals surface area contributed by atoms with Crippen molar-refractivity contribution >= 4 is 19.8 Å². The van der Waals surface area contributed by atoms with Gasteiger partial charge in [-0.2, -0.15) is 0 Å². The maximum Gasteiger partial charge on any atom is 0.472 e. The van der Waals surface area contributed by atoms with Crippen molar-refractivity contribution in [1.82, 2.24) is 0 Å². The number of phosphoric acid groups is 1. The Kier molecular flexibility index (Phi) is 72.4. The van der Waals surface area contributed by atoms with E-state index in [0.29, 0.717) is 6.42 Å². The molecule has 0 aliphatic heterocycles. The number of nitrogens with two attached hydrogens (primary N) is 1. The summed E-state index contributed by atoms with van der Waals surface area (Å²) in [6.45, 7) is 3.66. The Morgan fingerprint density at radius 3 is 0.911 bits per heavy atom. The van der Waals surface area contributed by atoms with Gasteiger partial charge in [-0.25, -0.2) is 4.57 Å². The van der Waals surface area contributed by atoms with Crippen LogP contribution in [0, 0.1) is 0 Å². The molecule has 9 nitrogen and oxygen atoms in total. The summed E-state index contributed by atoms with van der Waals surface area (Å²) in [5, 5.41) is 0. The highest BCUT2D eigenvalue weighted by Gasteiger charge is 2.26. The van der Waals surface area contributed by atoms with Gasteiger partial charge in [-0.1, -0.05) is 374 Å². The van der Waals surface area contributed by atoms with Gasteiger partial charge in [-0.05, 0) is 77.0 Å². The molecule has 0 radical (unpaired) electrons. The van der Waals surface area contributed by atoms with Crippen molar-refractivity contribution in [2.45, 2.75) is 373 Å². The largest absolute Gasteiger partial charge is 0.472 e. The summed E-state index contributed by atoms with van der Waals surface area (Å²) < 4.78 is 33.2. The van der Waals surface area contributed by atoms with E-state index in [4.69, 9.17) is 24.3 Å². The van der Waals surface area contributed by atoms with Crippen molar-refractivity contribution in [2.75, 3.05) is 26.4 Å². The van der Waals surface area contributed by atoms with Crippen molar-refractivity contribution in [2.24, 2.45) is 5.73 Å². The van der Waals surface area contributed by atoms with Gasteiger partial charge in [0.25, 0.3) is 0 Å². The average Bonchev–Trinajstić information content (AvgIpc) is 3.75. The summed E-state index contributed by atoms with van der Waals surface area (Å²) in [5.74, 6) is -0.835. The number of carbonyl (C=O) groups excluding carboxylic acids is 2. The highest BCUT2D eigenvalue weighted by Crippen LogP contribution is 2.43. The first-order valence-corrected chi connectivity index (χ1v) is 39.7. The number of hydrogen-bond acceptors (Lipinski definition) is 8. The topological polar surface area (TPSA) is 134 Å². The molecule has 0 aliphatic carbocycles. The molecule has 0 rings (SSSR count). The van der Waals surface area contributed by atoms with E-state index < -0.39 is 26.5 Å². The van der Waals surface area contributed by atoms with Crippen LogP contribution in [0.2, 0.25) is 0 Å². The molecule has 0 spiro atoms. The predicted molar refractivity (Wildman–Crippen MR) is 390 cm³/mol. The van der Waals surface area contributed by atoms with Gasteiger partial charge in [0.2, 0.25) is 0 Å². The number of phosphoric ester groups is 1. The van der Waals surface area contributed by atoms with Gasteiger partial charge >= 0.3 is 19.8 Å². The molecule has 2 atom stereocenters. The van der Waals surface area contributed by atoms with E-state index in [-0.39, 0.29) is 38.6 Å². The van der Waals surface area contributed by atoms with Crippen LogP contribution < -0.4 is 5.73 Å². The summed E-state index contributed by atoms with van der Waals surface area (Å²) >= 11 is 0. The van der Waals surface area contributed by atoms with Gasteiger partial charge in [0.15, 0.2) is 6.10 Å². The van der Waals surface area contributed by atoms with Crippen molar-refractivity contribution in [1.29, 1.82) is 0 Å². The summed E-state index contributed by atoms with van der Waals surface area (Å²) in [6, 6.07) is 0. The lowest BCUT2D eigenvalue weighted by molar-refractivity contribution is -0.161. The summed E-state index contributed by atoms with van der Waals surface area (Å²) in [5.41, 5.74) is 5.41. The van der Waals surface area contributed by atoms with Crippen molar-refractivity contribution in [3.8, 4) is 0 Å². The molecular weight excluding hydrogens is 1130 g/mol. The lowest BCUT2D eigenvalue weighted by Crippen LogP contribution is -2.29. The molecule has 0 bridgehead atoms. The summed E-state index contributed by atoms with van der Waals surface area (Å²) in [7, 11) is -4.40. The van der Waals surface area contributed by atoms with Crippen LogP contribution in [0.5, 0.6) is 0 Å². The Hall–Kier alpha value is -3.07. The molecule has 0 saturated carbocycles. The van der Waals surface area contributed by atoms with Gasteiger partial charge in [0, 0.05) is 19.4 Å². The third kappa shape index (κ3) is 74.0. The van der Waals surface area contributed by atoms with Crippen LogP contribution in [-0.4, -0.2) is 49.3 Å². The highest BCUT2D eigenvalue weighted by molar-refractivity contribution is 7.47. The lowest BCUT2D eigenvalue weighted by atomic mass is 10.0. The van der Waals surface area contributed by atoms with E-state index in [9.17, 15) is 19.0 Å². The first-order valence-electron chi connectivity index (χ1n) is 38.2. The van der Waals surface area contributed by atoms with Crippen molar-refractivity contribution in [3.63, 3.8) is 0 Å². The smallest absolute Gasteiger partial charge is 0.462 e. The molecule has 0 heterocycles. The Balaban J connectivity index is 3.84. The first kappa shape index (κ1) is 86.9. The molecule has 0 fully saturated rings. The van der Waals surface area contributed by atoms with Gasteiger partial charge < -0.3 is 20.1 Å². The Bertz CT molecular complexity index is 1800. The standard InChI is InChI=1S/C80H144NO8P/c1-3-5-7-9-11-13-15-17-19-21-23-25-27-29-31-33-35-36-37-38-39-40-41-43-44-46-48-50-52-54-56-58-60-62-64-66-68-70-72-79(82)86-76-78(77-88-90(84,85)87-75-74-81)89-80(83)73-71-69-67-65-63-61-59-57-55-53-51-49-47-45-42-34-32-30-28-26-24-22-20-18-16-14-12-10-8-6-4-2/h6,8,12,14,18,20,24,26,30,32,42,45,49,51,55,57,78H,3-5,7,9-11,13,15-17,19,21-23,25,27-29,31,33-41,43-44,46-48,50,52-54,56,58-77,81H2,1-2H3,(H,84,85)/b8-6-,14-12-,20-18-,26-24-,32-30-,45-42-,51-49-,57-55-. The molecule has 0 aromatic rings. The number of hydrogen-bond donors (Lipinski definition) is 2. The minimum Gasteiger partial charge on any atom is -0.462 e. The second kappa shape index (κ2) is 75.0. The molecule has 0 amide bonds. The van der Waals surface area contributed by atoms with Gasteiger partial charge in [0.1, 0.15) is 6.61 Å². The van der Waals surface area contributed by atoms with E-state index in [2.05, 4.69) is 111 Å². The van der Waals surface area contributed by atoms with E-state index in [1.165, 1.54) is 225 Å². The fourth-order valence-electron chi connectivity index (χ4n) is 11.1. The maximum atomic E-state index is 12.8. The SMILES string of the molecule is CC/C=C\C/C=C\C/C=C\C/C=C\C/C=C\C/C=C\C/C=C\C/C=C\CCCCCCCCC(=O)OC(COC(=O)CCCCCCCCCCCCCCCCCCCCCCCCCCCCCCCCCCCCCCCC)COP(=O)(O)OCCN. The monoisotopic (exact) mass is 1280 g/mol. The summed E-state index contributed by atoms with van der Waals surface area (Å²) in [4.78, 5) is 35.4. The number of esters is 2. The second-order valence-corrected chi connectivity index (χ2v) is 27.0. The minimum atomic E-state index is -4.40. The van der Waals surface area contributed by atoms with E-state index in [0.717, 1.165) is 109 Å². The number of ether oxygens (including phenoxy) is 2. The molecule has 0 aromatic carbocycles. The normalized spacial score (nSPS) is 13.4. The van der Waals surface area contributed by atoms with Crippen molar-refractivity contribution in [3.05, 3.63) is 97.2 Å². The molecule has 0 saturated heterocycles. The third-order valence-electron chi connectivity index (χ3n) is 16.7. The van der Waals surface area contributed by atoms with Gasteiger partial charge in [0.05, 0.1) is 13.2 Å². The maximum absolute atomic E-state index is 12.8. The Morgan fingerprint density at radius 2 is 0.611 bits per heavy atom. The van der Waals surface area contributed by atoms with Crippen molar-refractivity contribution < 1.29 is 37.6 Å². The zero-order valence-corrected chi connectivity index (χ0v) is 59.8. The molecular formula is C80H144NO8P. The van der Waals surface area contributed by atoms with E-state index in [1.807, 2.05) is 0 Å². The van der Waals surface area contributed by atoms with Crippen LogP contribution in [0.4, 0.5) is 0 Å². The average molecular weight is 1280 g/mol. The fourth-order valence-corrected chi connectivity index (χ4v) is 11.9. The summed E-state index contributed by atoms with van der Waals surface area (Å²) in [6.07, 6.45) is 103. The zero-order chi connectivity index (χ0) is 65.1. The predicted octanol–water partition coefficient (Wildman–Crippen LogP) is 25.5. The first-order chi connectivity index (χ1) is 44.3.